The second-order valence-corrected chi connectivity index (χ2v) is 5.62. The number of carbonyl (C=O) groups is 2. The Labute approximate surface area is 120 Å². The summed E-state index contributed by atoms with van der Waals surface area (Å²) in [5, 5.41) is 2.90. The number of nitrogens with one attached hydrogen (secondary N) is 1. The Morgan fingerprint density at radius 2 is 1.85 bits per heavy atom. The second-order valence-electron chi connectivity index (χ2n) is 5.62. The van der Waals surface area contributed by atoms with Crippen LogP contribution in [0.3, 0.4) is 0 Å². The molecule has 0 aliphatic carbocycles. The standard InChI is InChI=1S/C16H22N2O2/c1-11-5-4-10-18(12(11)2)16(20)17-15-8-6-14(7-9-15)13(3)19/h6-9,11-12H,4-5,10H2,1-3H3,(H,17,20). The summed E-state index contributed by atoms with van der Waals surface area (Å²) in [4.78, 5) is 25.4. The maximum Gasteiger partial charge on any atom is 0.322 e. The number of piperidine rings is 1. The Morgan fingerprint density at radius 3 is 2.45 bits per heavy atom. The van der Waals surface area contributed by atoms with E-state index in [1.54, 1.807) is 24.3 Å². The quantitative estimate of drug-likeness (QED) is 0.838. The molecule has 1 fully saturated rings. The molecule has 4 heteroatoms. The summed E-state index contributed by atoms with van der Waals surface area (Å²) in [6, 6.07) is 7.22. The lowest BCUT2D eigenvalue weighted by Gasteiger charge is -2.37. The number of likely N-dealkylation sites (tertiary alicyclic amines) is 1. The minimum atomic E-state index is -0.0559. The number of anilines is 1. The number of benzene rings is 1. The molecule has 2 atom stereocenters. The van der Waals surface area contributed by atoms with Gasteiger partial charge >= 0.3 is 6.03 Å². The predicted molar refractivity (Wildman–Crippen MR) is 80.0 cm³/mol. The van der Waals surface area contributed by atoms with Gasteiger partial charge in [-0.25, -0.2) is 4.79 Å². The molecule has 1 N–H and O–H groups in total. The van der Waals surface area contributed by atoms with Gasteiger partial charge in [0.25, 0.3) is 0 Å². The van der Waals surface area contributed by atoms with Gasteiger partial charge in [-0.2, -0.15) is 0 Å². The predicted octanol–water partition coefficient (Wildman–Crippen LogP) is 3.54. The minimum absolute atomic E-state index is 0.0290. The van der Waals surface area contributed by atoms with Gasteiger partial charge in [-0.3, -0.25) is 4.79 Å². The molecule has 4 nitrogen and oxygen atoms in total. The molecule has 20 heavy (non-hydrogen) atoms. The highest BCUT2D eigenvalue weighted by Crippen LogP contribution is 2.23. The topological polar surface area (TPSA) is 49.4 Å². The Kier molecular flexibility index (Phi) is 4.42. The van der Waals surface area contributed by atoms with Crippen molar-refractivity contribution in [3.05, 3.63) is 29.8 Å². The average molecular weight is 274 g/mol. The Balaban J connectivity index is 2.02. The number of Topliss-reactive ketones (excluding diaryl/α,β-unsaturated/α-hetero) is 1. The molecule has 1 aromatic carbocycles. The fraction of sp³-hybridized carbons (Fsp3) is 0.500. The number of rotatable bonds is 2. The van der Waals surface area contributed by atoms with E-state index < -0.39 is 0 Å². The summed E-state index contributed by atoms with van der Waals surface area (Å²) >= 11 is 0. The van der Waals surface area contributed by atoms with Crippen molar-refractivity contribution in [2.75, 3.05) is 11.9 Å². The van der Waals surface area contributed by atoms with E-state index in [1.807, 2.05) is 4.90 Å². The number of amides is 2. The molecule has 108 valence electrons. The fourth-order valence-corrected chi connectivity index (χ4v) is 2.61. The van der Waals surface area contributed by atoms with E-state index in [9.17, 15) is 9.59 Å². The van der Waals surface area contributed by atoms with Crippen LogP contribution < -0.4 is 5.32 Å². The van der Waals surface area contributed by atoms with Crippen molar-refractivity contribution in [1.82, 2.24) is 4.90 Å². The van der Waals surface area contributed by atoms with Crippen molar-refractivity contribution < 1.29 is 9.59 Å². The zero-order valence-corrected chi connectivity index (χ0v) is 12.3. The van der Waals surface area contributed by atoms with Crippen LogP contribution >= 0.6 is 0 Å². The van der Waals surface area contributed by atoms with Gasteiger partial charge < -0.3 is 10.2 Å². The van der Waals surface area contributed by atoms with Crippen molar-refractivity contribution in [2.24, 2.45) is 5.92 Å². The summed E-state index contributed by atoms with van der Waals surface area (Å²) in [5.41, 5.74) is 1.38. The van der Waals surface area contributed by atoms with Crippen molar-refractivity contribution in [3.63, 3.8) is 0 Å². The zero-order valence-electron chi connectivity index (χ0n) is 12.3. The molecule has 1 aliphatic heterocycles. The first-order chi connectivity index (χ1) is 9.49. The number of nitrogens with zero attached hydrogens (tertiary/aromatic N) is 1. The zero-order chi connectivity index (χ0) is 14.7. The molecule has 1 aliphatic rings. The molecule has 2 unspecified atom stereocenters. The smallest absolute Gasteiger partial charge is 0.322 e. The molecular formula is C16H22N2O2. The highest BCUT2D eigenvalue weighted by Gasteiger charge is 2.28. The first-order valence-corrected chi connectivity index (χ1v) is 7.17. The summed E-state index contributed by atoms with van der Waals surface area (Å²) in [5.74, 6) is 0.566. The van der Waals surface area contributed by atoms with Gasteiger partial charge in [0.15, 0.2) is 5.78 Å². The monoisotopic (exact) mass is 274 g/mol. The molecule has 0 aromatic heterocycles. The summed E-state index contributed by atoms with van der Waals surface area (Å²) in [6.45, 7) is 6.63. The van der Waals surface area contributed by atoms with Gasteiger partial charge in [0.05, 0.1) is 0 Å². The van der Waals surface area contributed by atoms with Crippen LogP contribution in [-0.4, -0.2) is 29.3 Å². The Hall–Kier alpha value is -1.84. The van der Waals surface area contributed by atoms with E-state index in [-0.39, 0.29) is 17.9 Å². The van der Waals surface area contributed by atoms with Crippen molar-refractivity contribution in [2.45, 2.75) is 39.7 Å². The van der Waals surface area contributed by atoms with Crippen molar-refractivity contribution >= 4 is 17.5 Å². The third-order valence-electron chi connectivity index (χ3n) is 4.18. The number of ketones is 1. The molecule has 2 rings (SSSR count). The van der Waals surface area contributed by atoms with Gasteiger partial charge in [0.1, 0.15) is 0 Å². The van der Waals surface area contributed by atoms with Crippen molar-refractivity contribution in [1.29, 1.82) is 0 Å². The van der Waals surface area contributed by atoms with E-state index in [0.29, 0.717) is 11.5 Å². The Morgan fingerprint density at radius 1 is 1.20 bits per heavy atom. The summed E-state index contributed by atoms with van der Waals surface area (Å²) in [6.07, 6.45) is 2.24. The first kappa shape index (κ1) is 14.6. The van der Waals surface area contributed by atoms with Crippen LogP contribution in [0.25, 0.3) is 0 Å². The van der Waals surface area contributed by atoms with Crippen LogP contribution in [0.5, 0.6) is 0 Å². The molecule has 1 heterocycles. The van der Waals surface area contributed by atoms with Gasteiger partial charge in [0, 0.05) is 23.8 Å². The fourth-order valence-electron chi connectivity index (χ4n) is 2.61. The molecule has 1 saturated heterocycles. The van der Waals surface area contributed by atoms with Crippen LogP contribution in [0, 0.1) is 5.92 Å². The maximum atomic E-state index is 12.3. The van der Waals surface area contributed by atoms with Gasteiger partial charge in [0.2, 0.25) is 0 Å². The van der Waals surface area contributed by atoms with Gasteiger partial charge in [-0.05, 0) is 56.9 Å². The summed E-state index contributed by atoms with van der Waals surface area (Å²) in [7, 11) is 0. The Bertz CT molecular complexity index is 496. The molecule has 2 amide bonds. The van der Waals surface area contributed by atoms with Crippen LogP contribution in [0.1, 0.15) is 44.0 Å². The largest absolute Gasteiger partial charge is 0.322 e. The molecule has 0 bridgehead atoms. The number of hydrogen-bond donors (Lipinski definition) is 1. The van der Waals surface area contributed by atoms with Crippen molar-refractivity contribution in [3.8, 4) is 0 Å². The average Bonchev–Trinajstić information content (AvgIpc) is 2.42. The number of urea groups is 1. The molecular weight excluding hydrogens is 252 g/mol. The molecule has 1 aromatic rings. The lowest BCUT2D eigenvalue weighted by Crippen LogP contribution is -2.47. The minimum Gasteiger partial charge on any atom is -0.322 e. The van der Waals surface area contributed by atoms with E-state index >= 15 is 0 Å². The normalized spacial score (nSPS) is 22.4. The first-order valence-electron chi connectivity index (χ1n) is 7.17. The van der Waals surface area contributed by atoms with E-state index in [1.165, 1.54) is 13.3 Å². The van der Waals surface area contributed by atoms with Gasteiger partial charge in [-0.1, -0.05) is 6.92 Å². The number of hydrogen-bond acceptors (Lipinski definition) is 2. The van der Waals surface area contributed by atoms with Crippen LogP contribution in [-0.2, 0) is 0 Å². The highest BCUT2D eigenvalue weighted by atomic mass is 16.2. The summed E-state index contributed by atoms with van der Waals surface area (Å²) < 4.78 is 0. The van der Waals surface area contributed by atoms with Gasteiger partial charge in [-0.15, -0.1) is 0 Å². The third-order valence-corrected chi connectivity index (χ3v) is 4.18. The lowest BCUT2D eigenvalue weighted by atomic mass is 9.92. The molecule has 0 radical (unpaired) electrons. The van der Waals surface area contributed by atoms with Crippen LogP contribution in [0.15, 0.2) is 24.3 Å². The number of carbonyl (C=O) groups excluding carboxylic acids is 2. The van der Waals surface area contributed by atoms with E-state index in [2.05, 4.69) is 19.2 Å². The molecule has 0 saturated carbocycles. The lowest BCUT2D eigenvalue weighted by molar-refractivity contribution is 0.101. The SMILES string of the molecule is CC(=O)c1ccc(NC(=O)N2CCCC(C)C2C)cc1. The molecule has 0 spiro atoms. The second kappa shape index (κ2) is 6.07. The van der Waals surface area contributed by atoms with E-state index in [4.69, 9.17) is 0 Å². The maximum absolute atomic E-state index is 12.3. The van der Waals surface area contributed by atoms with E-state index in [0.717, 1.165) is 18.7 Å². The highest BCUT2D eigenvalue weighted by molar-refractivity contribution is 5.95. The third kappa shape index (κ3) is 3.18. The van der Waals surface area contributed by atoms with Crippen LogP contribution in [0.2, 0.25) is 0 Å². The van der Waals surface area contributed by atoms with Crippen LogP contribution in [0.4, 0.5) is 10.5 Å².